The summed E-state index contributed by atoms with van der Waals surface area (Å²) in [4.78, 5) is 50.4. The van der Waals surface area contributed by atoms with E-state index >= 15 is 0 Å². The van der Waals surface area contributed by atoms with Gasteiger partial charge in [0.2, 0.25) is 0 Å². The number of benzene rings is 2. The van der Waals surface area contributed by atoms with Crippen LogP contribution in [0, 0.1) is 0 Å². The molecule has 0 saturated carbocycles. The monoisotopic (exact) mass is 380 g/mol. The van der Waals surface area contributed by atoms with E-state index in [1.54, 1.807) is 0 Å². The van der Waals surface area contributed by atoms with Crippen LogP contribution in [0.15, 0.2) is 60.7 Å². The molecule has 1 heterocycles. The van der Waals surface area contributed by atoms with Crippen molar-refractivity contribution in [1.82, 2.24) is 10.2 Å². The van der Waals surface area contributed by atoms with E-state index in [2.05, 4.69) is 10.1 Å². The largest absolute Gasteiger partial charge is 0.468 e. The molecule has 7 heteroatoms. The fourth-order valence-electron chi connectivity index (χ4n) is 3.33. The molecule has 144 valence electrons. The number of carbonyl (C=O) groups is 4. The maximum atomic E-state index is 13.3. The number of hydrogen-bond donors (Lipinski definition) is 1. The highest BCUT2D eigenvalue weighted by Gasteiger charge is 2.51. The lowest BCUT2D eigenvalue weighted by Gasteiger charge is -2.40. The van der Waals surface area contributed by atoms with Crippen LogP contribution in [0.25, 0.3) is 0 Å². The van der Waals surface area contributed by atoms with Gasteiger partial charge in [0.1, 0.15) is 12.1 Å². The number of amides is 3. The summed E-state index contributed by atoms with van der Waals surface area (Å²) in [7, 11) is 1.16. The molecular formula is C21H20N2O5. The molecule has 1 aliphatic rings. The maximum Gasteiger partial charge on any atom is 0.325 e. The number of rotatable bonds is 6. The van der Waals surface area contributed by atoms with Crippen LogP contribution in [0.4, 0.5) is 0 Å². The van der Waals surface area contributed by atoms with Crippen LogP contribution in [0.3, 0.4) is 0 Å². The molecule has 2 aromatic rings. The summed E-state index contributed by atoms with van der Waals surface area (Å²) in [5, 5.41) is 2.62. The quantitative estimate of drug-likeness (QED) is 0.456. The highest BCUT2D eigenvalue weighted by Crippen LogP contribution is 2.25. The molecule has 3 rings (SSSR count). The average Bonchev–Trinajstić information content (AvgIpc) is 2.71. The zero-order chi connectivity index (χ0) is 20.1. The zero-order valence-electron chi connectivity index (χ0n) is 15.4. The van der Waals surface area contributed by atoms with Crippen molar-refractivity contribution in [3.05, 3.63) is 71.8 Å². The Labute approximate surface area is 162 Å². The molecule has 0 unspecified atom stereocenters. The van der Waals surface area contributed by atoms with Crippen LogP contribution in [-0.2, 0) is 36.8 Å². The number of hydrogen-bond acceptors (Lipinski definition) is 5. The van der Waals surface area contributed by atoms with Crippen molar-refractivity contribution in [3.63, 3.8) is 0 Å². The summed E-state index contributed by atoms with van der Waals surface area (Å²) in [5.41, 5.74) is 0.251. The minimum absolute atomic E-state index is 0.179. The molecule has 1 saturated heterocycles. The second-order valence-electron chi connectivity index (χ2n) is 6.63. The maximum absolute atomic E-state index is 13.3. The highest BCUT2D eigenvalue weighted by atomic mass is 16.5. The van der Waals surface area contributed by atoms with Gasteiger partial charge in [-0.2, -0.15) is 0 Å². The van der Waals surface area contributed by atoms with Gasteiger partial charge in [0, 0.05) is 12.8 Å². The highest BCUT2D eigenvalue weighted by molar-refractivity contribution is 6.41. The molecule has 1 fully saturated rings. The molecule has 0 aromatic heterocycles. The van der Waals surface area contributed by atoms with Crippen LogP contribution < -0.4 is 5.32 Å². The van der Waals surface area contributed by atoms with Crippen molar-refractivity contribution in [3.8, 4) is 0 Å². The lowest BCUT2D eigenvalue weighted by Crippen LogP contribution is -2.71. The normalized spacial score (nSPS) is 15.9. The number of methoxy groups -OCH3 is 1. The van der Waals surface area contributed by atoms with Crippen LogP contribution in [0.1, 0.15) is 11.1 Å². The van der Waals surface area contributed by atoms with E-state index in [-0.39, 0.29) is 12.8 Å². The van der Waals surface area contributed by atoms with Crippen LogP contribution >= 0.6 is 0 Å². The summed E-state index contributed by atoms with van der Waals surface area (Å²) in [6.07, 6.45) is 0.358. The molecular weight excluding hydrogens is 360 g/mol. The Balaban J connectivity index is 2.02. The van der Waals surface area contributed by atoms with Gasteiger partial charge >= 0.3 is 17.8 Å². The second kappa shape index (κ2) is 8.04. The van der Waals surface area contributed by atoms with Crippen molar-refractivity contribution >= 4 is 23.7 Å². The number of imide groups is 1. The first kappa shape index (κ1) is 19.3. The smallest absolute Gasteiger partial charge is 0.325 e. The minimum Gasteiger partial charge on any atom is -0.468 e. The van der Waals surface area contributed by atoms with E-state index in [4.69, 9.17) is 0 Å². The Hall–Kier alpha value is -3.48. The van der Waals surface area contributed by atoms with Crippen molar-refractivity contribution in [1.29, 1.82) is 0 Å². The molecule has 2 aromatic carbocycles. The third-order valence-corrected chi connectivity index (χ3v) is 4.66. The number of nitrogens with one attached hydrogen (secondary N) is 1. The Bertz CT molecular complexity index is 854. The first-order valence-electron chi connectivity index (χ1n) is 8.78. The van der Waals surface area contributed by atoms with E-state index in [0.717, 1.165) is 18.2 Å². The molecule has 0 spiro atoms. The summed E-state index contributed by atoms with van der Waals surface area (Å²) in [6, 6.07) is 18.4. The van der Waals surface area contributed by atoms with E-state index in [1.807, 2.05) is 60.7 Å². The van der Waals surface area contributed by atoms with Crippen LogP contribution in [0.5, 0.6) is 0 Å². The predicted molar refractivity (Wildman–Crippen MR) is 99.9 cm³/mol. The number of piperazine rings is 1. The SMILES string of the molecule is COC(=O)CN1C(=O)C(=O)NC(Cc2ccccc2)(Cc2ccccc2)C1=O. The molecule has 0 aliphatic carbocycles. The van der Waals surface area contributed by atoms with Crippen molar-refractivity contribution in [2.75, 3.05) is 13.7 Å². The van der Waals surface area contributed by atoms with Gasteiger partial charge in [-0.3, -0.25) is 24.1 Å². The third kappa shape index (κ3) is 3.93. The van der Waals surface area contributed by atoms with Crippen molar-refractivity contribution < 1.29 is 23.9 Å². The van der Waals surface area contributed by atoms with Gasteiger partial charge in [0.15, 0.2) is 0 Å². The number of nitrogens with zero attached hydrogens (tertiary/aromatic N) is 1. The molecule has 7 nitrogen and oxygen atoms in total. The second-order valence-corrected chi connectivity index (χ2v) is 6.63. The minimum atomic E-state index is -1.39. The Morgan fingerprint density at radius 2 is 1.43 bits per heavy atom. The van der Waals surface area contributed by atoms with Gasteiger partial charge in [0.05, 0.1) is 7.11 Å². The van der Waals surface area contributed by atoms with Crippen LogP contribution in [0.2, 0.25) is 0 Å². The molecule has 0 atom stereocenters. The Morgan fingerprint density at radius 3 is 1.89 bits per heavy atom. The molecule has 0 radical (unpaired) electrons. The van der Waals surface area contributed by atoms with Gasteiger partial charge in [-0.25, -0.2) is 0 Å². The fourth-order valence-corrected chi connectivity index (χ4v) is 3.33. The van der Waals surface area contributed by atoms with Gasteiger partial charge in [-0.05, 0) is 11.1 Å². The molecule has 3 amide bonds. The topological polar surface area (TPSA) is 92.8 Å². The molecule has 0 bridgehead atoms. The number of carbonyl (C=O) groups excluding carboxylic acids is 4. The van der Waals surface area contributed by atoms with E-state index in [1.165, 1.54) is 0 Å². The van der Waals surface area contributed by atoms with E-state index in [0.29, 0.717) is 4.90 Å². The van der Waals surface area contributed by atoms with Gasteiger partial charge < -0.3 is 10.1 Å². The van der Waals surface area contributed by atoms with E-state index < -0.39 is 35.8 Å². The van der Waals surface area contributed by atoms with Crippen molar-refractivity contribution in [2.24, 2.45) is 0 Å². The number of esters is 1. The Morgan fingerprint density at radius 1 is 0.929 bits per heavy atom. The van der Waals surface area contributed by atoms with Crippen LogP contribution in [-0.4, -0.2) is 47.8 Å². The fraction of sp³-hybridized carbons (Fsp3) is 0.238. The van der Waals surface area contributed by atoms with Gasteiger partial charge in [-0.1, -0.05) is 60.7 Å². The average molecular weight is 380 g/mol. The summed E-state index contributed by atoms with van der Waals surface area (Å²) in [6.45, 7) is -0.604. The van der Waals surface area contributed by atoms with E-state index in [9.17, 15) is 19.2 Å². The first-order valence-corrected chi connectivity index (χ1v) is 8.78. The van der Waals surface area contributed by atoms with Crippen molar-refractivity contribution in [2.45, 2.75) is 18.4 Å². The molecule has 1 aliphatic heterocycles. The predicted octanol–water partition coefficient (Wildman–Crippen LogP) is 0.869. The molecule has 28 heavy (non-hydrogen) atoms. The Kier molecular flexibility index (Phi) is 5.54. The summed E-state index contributed by atoms with van der Waals surface area (Å²) < 4.78 is 4.57. The standard InChI is InChI=1S/C21H20N2O5/c1-28-17(24)14-23-19(26)18(25)22-21(20(23)27,12-15-8-4-2-5-9-15)13-16-10-6-3-7-11-16/h2-11H,12-14H2,1H3,(H,22,25). The van der Waals surface area contributed by atoms with Gasteiger partial charge in [-0.15, -0.1) is 0 Å². The number of ether oxygens (including phenoxy) is 1. The first-order chi connectivity index (χ1) is 13.4. The lowest BCUT2D eigenvalue weighted by molar-refractivity contribution is -0.166. The summed E-state index contributed by atoms with van der Waals surface area (Å²) in [5.74, 6) is -3.39. The molecule has 1 N–H and O–H groups in total. The van der Waals surface area contributed by atoms with Gasteiger partial charge in [0.25, 0.3) is 5.91 Å². The summed E-state index contributed by atoms with van der Waals surface area (Å²) >= 11 is 0. The lowest BCUT2D eigenvalue weighted by atomic mass is 9.81. The third-order valence-electron chi connectivity index (χ3n) is 4.66. The zero-order valence-corrected chi connectivity index (χ0v) is 15.4.